The molecule has 1 aromatic rings. The second-order valence-corrected chi connectivity index (χ2v) is 4.57. The van der Waals surface area contributed by atoms with Gasteiger partial charge >= 0.3 is 0 Å². The molecule has 0 saturated carbocycles. The molecule has 16 heavy (non-hydrogen) atoms. The van der Waals surface area contributed by atoms with Crippen LogP contribution in [0.2, 0.25) is 0 Å². The van der Waals surface area contributed by atoms with Gasteiger partial charge in [-0.15, -0.1) is 11.6 Å². The standard InChI is InChI=1S/C13H20ClNO/c1-4-12(14)9-15-8-11-7-10(2)5-6-13(11)16-3/h5-7,12,15H,4,8-9H2,1-3H3. The Balaban J connectivity index is 2.55. The van der Waals surface area contributed by atoms with Gasteiger partial charge in [0.15, 0.2) is 0 Å². The van der Waals surface area contributed by atoms with Crippen LogP contribution in [0.5, 0.6) is 5.75 Å². The second-order valence-electron chi connectivity index (χ2n) is 3.95. The maximum Gasteiger partial charge on any atom is 0.123 e. The van der Waals surface area contributed by atoms with E-state index in [-0.39, 0.29) is 5.38 Å². The summed E-state index contributed by atoms with van der Waals surface area (Å²) in [7, 11) is 1.70. The zero-order chi connectivity index (χ0) is 12.0. The van der Waals surface area contributed by atoms with Gasteiger partial charge < -0.3 is 10.1 Å². The number of hydrogen-bond donors (Lipinski definition) is 1. The number of aryl methyl sites for hydroxylation is 1. The van der Waals surface area contributed by atoms with Crippen molar-refractivity contribution in [2.75, 3.05) is 13.7 Å². The first-order chi connectivity index (χ1) is 7.67. The van der Waals surface area contributed by atoms with Crippen molar-refractivity contribution in [3.63, 3.8) is 0 Å². The quantitative estimate of drug-likeness (QED) is 0.773. The molecule has 0 saturated heterocycles. The molecule has 1 rings (SSSR count). The van der Waals surface area contributed by atoms with Crippen LogP contribution < -0.4 is 10.1 Å². The lowest BCUT2D eigenvalue weighted by atomic mass is 10.1. The van der Waals surface area contributed by atoms with Gasteiger partial charge in [-0.1, -0.05) is 24.6 Å². The van der Waals surface area contributed by atoms with Crippen LogP contribution in [0.15, 0.2) is 18.2 Å². The van der Waals surface area contributed by atoms with Crippen LogP contribution in [0.1, 0.15) is 24.5 Å². The number of ether oxygens (including phenoxy) is 1. The van der Waals surface area contributed by atoms with Crippen molar-refractivity contribution in [1.29, 1.82) is 0 Å². The fraction of sp³-hybridized carbons (Fsp3) is 0.538. The summed E-state index contributed by atoms with van der Waals surface area (Å²) in [5, 5.41) is 3.55. The van der Waals surface area contributed by atoms with Gasteiger partial charge in [0.05, 0.1) is 7.11 Å². The third-order valence-corrected chi connectivity index (χ3v) is 3.02. The molecule has 90 valence electrons. The van der Waals surface area contributed by atoms with E-state index in [1.54, 1.807) is 7.11 Å². The Hall–Kier alpha value is -0.730. The lowest BCUT2D eigenvalue weighted by Gasteiger charge is -2.12. The van der Waals surface area contributed by atoms with Crippen molar-refractivity contribution in [3.8, 4) is 5.75 Å². The van der Waals surface area contributed by atoms with E-state index in [0.29, 0.717) is 0 Å². The molecule has 0 amide bonds. The van der Waals surface area contributed by atoms with Gasteiger partial charge in [0, 0.05) is 24.0 Å². The molecule has 0 aromatic heterocycles. The van der Waals surface area contributed by atoms with E-state index < -0.39 is 0 Å². The van der Waals surface area contributed by atoms with Crippen molar-refractivity contribution in [2.45, 2.75) is 32.2 Å². The van der Waals surface area contributed by atoms with Crippen LogP contribution in [0.4, 0.5) is 0 Å². The molecule has 0 aliphatic carbocycles. The van der Waals surface area contributed by atoms with E-state index >= 15 is 0 Å². The van der Waals surface area contributed by atoms with Gasteiger partial charge in [-0.3, -0.25) is 0 Å². The molecular weight excluding hydrogens is 222 g/mol. The van der Waals surface area contributed by atoms with E-state index in [2.05, 4.69) is 31.3 Å². The maximum atomic E-state index is 6.04. The number of rotatable bonds is 6. The first-order valence-electron chi connectivity index (χ1n) is 5.65. The predicted molar refractivity (Wildman–Crippen MR) is 69.4 cm³/mol. The lowest BCUT2D eigenvalue weighted by molar-refractivity contribution is 0.407. The molecule has 0 aliphatic heterocycles. The number of methoxy groups -OCH3 is 1. The molecule has 0 spiro atoms. The Morgan fingerprint density at radius 1 is 1.44 bits per heavy atom. The third kappa shape index (κ3) is 4.03. The number of halogens is 1. The van der Waals surface area contributed by atoms with Crippen LogP contribution in [-0.2, 0) is 6.54 Å². The summed E-state index contributed by atoms with van der Waals surface area (Å²) in [4.78, 5) is 0. The van der Waals surface area contributed by atoms with Crippen LogP contribution in [0, 0.1) is 6.92 Å². The van der Waals surface area contributed by atoms with Crippen LogP contribution >= 0.6 is 11.6 Å². The summed E-state index contributed by atoms with van der Waals surface area (Å²) < 4.78 is 5.31. The van der Waals surface area contributed by atoms with Gasteiger partial charge in [-0.2, -0.15) is 0 Å². The highest BCUT2D eigenvalue weighted by molar-refractivity contribution is 6.20. The van der Waals surface area contributed by atoms with E-state index in [9.17, 15) is 0 Å². The molecule has 0 aliphatic rings. The topological polar surface area (TPSA) is 21.3 Å². The summed E-state index contributed by atoms with van der Waals surface area (Å²) in [6, 6.07) is 6.20. The van der Waals surface area contributed by atoms with Gasteiger partial charge in [-0.25, -0.2) is 0 Å². The van der Waals surface area contributed by atoms with Crippen molar-refractivity contribution in [3.05, 3.63) is 29.3 Å². The minimum Gasteiger partial charge on any atom is -0.496 e. The average molecular weight is 242 g/mol. The molecule has 0 bridgehead atoms. The highest BCUT2D eigenvalue weighted by Gasteiger charge is 2.04. The fourth-order valence-electron chi connectivity index (χ4n) is 1.55. The second kappa shape index (κ2) is 6.77. The van der Waals surface area contributed by atoms with E-state index in [1.807, 2.05) is 6.07 Å². The monoisotopic (exact) mass is 241 g/mol. The number of hydrogen-bond acceptors (Lipinski definition) is 2. The summed E-state index contributed by atoms with van der Waals surface area (Å²) in [5.41, 5.74) is 2.43. The van der Waals surface area contributed by atoms with Crippen molar-refractivity contribution in [2.24, 2.45) is 0 Å². The first-order valence-corrected chi connectivity index (χ1v) is 6.09. The van der Waals surface area contributed by atoms with Gasteiger partial charge in [-0.05, 0) is 19.4 Å². The molecular formula is C13H20ClNO. The number of nitrogens with one attached hydrogen (secondary N) is 1. The highest BCUT2D eigenvalue weighted by atomic mass is 35.5. The Morgan fingerprint density at radius 2 is 2.19 bits per heavy atom. The van der Waals surface area contributed by atoms with Gasteiger partial charge in [0.2, 0.25) is 0 Å². The molecule has 0 heterocycles. The summed E-state index contributed by atoms with van der Waals surface area (Å²) in [6.45, 7) is 5.80. The highest BCUT2D eigenvalue weighted by Crippen LogP contribution is 2.19. The summed E-state index contributed by atoms with van der Waals surface area (Å²) in [6.07, 6.45) is 0.986. The zero-order valence-corrected chi connectivity index (χ0v) is 11.0. The zero-order valence-electron chi connectivity index (χ0n) is 10.2. The Morgan fingerprint density at radius 3 is 2.81 bits per heavy atom. The third-order valence-electron chi connectivity index (χ3n) is 2.56. The van der Waals surface area contributed by atoms with Crippen LogP contribution in [-0.4, -0.2) is 19.0 Å². The van der Waals surface area contributed by atoms with Gasteiger partial charge in [0.25, 0.3) is 0 Å². The number of alkyl halides is 1. The first kappa shape index (κ1) is 13.3. The molecule has 1 N–H and O–H groups in total. The Bertz CT molecular complexity index is 328. The fourth-order valence-corrected chi connectivity index (χ4v) is 1.66. The predicted octanol–water partition coefficient (Wildman–Crippen LogP) is 3.11. The average Bonchev–Trinajstić information content (AvgIpc) is 2.29. The molecule has 0 fully saturated rings. The normalized spacial score (nSPS) is 12.5. The van der Waals surface area contributed by atoms with Crippen molar-refractivity contribution < 1.29 is 4.74 Å². The Labute approximate surface area is 103 Å². The molecule has 3 heteroatoms. The smallest absolute Gasteiger partial charge is 0.123 e. The minimum absolute atomic E-state index is 0.204. The SMILES string of the molecule is CCC(Cl)CNCc1cc(C)ccc1OC. The van der Waals surface area contributed by atoms with E-state index in [1.165, 1.54) is 11.1 Å². The molecule has 1 aromatic carbocycles. The molecule has 0 radical (unpaired) electrons. The minimum atomic E-state index is 0.204. The largest absolute Gasteiger partial charge is 0.496 e. The van der Waals surface area contributed by atoms with Crippen molar-refractivity contribution in [1.82, 2.24) is 5.32 Å². The molecule has 1 atom stereocenters. The van der Waals surface area contributed by atoms with Crippen LogP contribution in [0.3, 0.4) is 0 Å². The lowest BCUT2D eigenvalue weighted by Crippen LogP contribution is -2.22. The summed E-state index contributed by atoms with van der Waals surface area (Å²) in [5.74, 6) is 0.931. The van der Waals surface area contributed by atoms with E-state index in [0.717, 1.165) is 25.3 Å². The summed E-state index contributed by atoms with van der Waals surface area (Å²) >= 11 is 6.04. The Kier molecular flexibility index (Phi) is 5.64. The van der Waals surface area contributed by atoms with Gasteiger partial charge in [0.1, 0.15) is 5.75 Å². The number of benzene rings is 1. The van der Waals surface area contributed by atoms with Crippen LogP contribution in [0.25, 0.3) is 0 Å². The molecule has 1 unspecified atom stereocenters. The molecule has 2 nitrogen and oxygen atoms in total. The van der Waals surface area contributed by atoms with Crippen molar-refractivity contribution >= 4 is 11.6 Å². The maximum absolute atomic E-state index is 6.04. The van der Waals surface area contributed by atoms with E-state index in [4.69, 9.17) is 16.3 Å².